The minimum atomic E-state index is -0.000314. The quantitative estimate of drug-likeness (QED) is 0.859. The maximum absolute atomic E-state index is 13.0. The van der Waals surface area contributed by atoms with Gasteiger partial charge in [0.05, 0.1) is 0 Å². The molecule has 0 bridgehead atoms. The summed E-state index contributed by atoms with van der Waals surface area (Å²) in [4.78, 5) is 32.3. The van der Waals surface area contributed by atoms with Crippen molar-refractivity contribution in [3.05, 3.63) is 58.4 Å². The van der Waals surface area contributed by atoms with Crippen molar-refractivity contribution in [3.8, 4) is 0 Å². The molecule has 1 aliphatic rings. The van der Waals surface area contributed by atoms with Gasteiger partial charge in [0.15, 0.2) is 5.78 Å². The van der Waals surface area contributed by atoms with Gasteiger partial charge in [-0.05, 0) is 38.3 Å². The second-order valence-electron chi connectivity index (χ2n) is 7.09. The van der Waals surface area contributed by atoms with Gasteiger partial charge in [-0.1, -0.05) is 30.3 Å². The number of aromatic nitrogens is 1. The summed E-state index contributed by atoms with van der Waals surface area (Å²) in [6, 6.07) is 10.4. The highest BCUT2D eigenvalue weighted by atomic mass is 16.2. The largest absolute Gasteiger partial charge is 0.354 e. The van der Waals surface area contributed by atoms with Crippen molar-refractivity contribution in [1.29, 1.82) is 0 Å². The number of amides is 1. The number of aryl methyl sites for hydroxylation is 1. The maximum Gasteiger partial charge on any atom is 0.270 e. The van der Waals surface area contributed by atoms with Crippen molar-refractivity contribution in [2.24, 2.45) is 0 Å². The number of benzene rings is 1. The van der Waals surface area contributed by atoms with E-state index in [0.29, 0.717) is 17.8 Å². The molecule has 5 heteroatoms. The van der Waals surface area contributed by atoms with E-state index >= 15 is 0 Å². The molecule has 0 atom stereocenters. The van der Waals surface area contributed by atoms with Crippen LogP contribution < -0.4 is 0 Å². The standard InChI is InChI=1S/C21H27N3O2/c1-15-19(17(3)25)16(2)22-20(15)21(26)24-11-7-10-23(12-13-24)14-18-8-5-4-6-9-18/h4-6,8-9,22H,7,10-14H2,1-3H3. The lowest BCUT2D eigenvalue weighted by Gasteiger charge is -2.22. The average molecular weight is 353 g/mol. The maximum atomic E-state index is 13.0. The first-order valence-corrected chi connectivity index (χ1v) is 9.23. The molecule has 0 aliphatic carbocycles. The zero-order valence-electron chi connectivity index (χ0n) is 15.8. The molecule has 0 radical (unpaired) electrons. The van der Waals surface area contributed by atoms with Crippen molar-refractivity contribution in [1.82, 2.24) is 14.8 Å². The molecule has 26 heavy (non-hydrogen) atoms. The van der Waals surface area contributed by atoms with E-state index in [9.17, 15) is 9.59 Å². The fraction of sp³-hybridized carbons (Fsp3) is 0.429. The minimum absolute atomic E-state index is 0.000188. The molecule has 0 spiro atoms. The number of hydrogen-bond acceptors (Lipinski definition) is 3. The average Bonchev–Trinajstić information content (AvgIpc) is 2.78. The fourth-order valence-corrected chi connectivity index (χ4v) is 3.82. The number of carbonyl (C=O) groups is 2. The van der Waals surface area contributed by atoms with Gasteiger partial charge in [0.1, 0.15) is 5.69 Å². The molecule has 1 fully saturated rings. The van der Waals surface area contributed by atoms with Gasteiger partial charge in [-0.15, -0.1) is 0 Å². The van der Waals surface area contributed by atoms with Crippen molar-refractivity contribution in [3.63, 3.8) is 0 Å². The zero-order valence-corrected chi connectivity index (χ0v) is 15.8. The monoisotopic (exact) mass is 353 g/mol. The molecule has 1 saturated heterocycles. The van der Waals surface area contributed by atoms with Crippen LogP contribution in [-0.4, -0.2) is 52.7 Å². The van der Waals surface area contributed by atoms with E-state index in [1.165, 1.54) is 5.56 Å². The van der Waals surface area contributed by atoms with Crippen molar-refractivity contribution >= 4 is 11.7 Å². The van der Waals surface area contributed by atoms with Gasteiger partial charge in [-0.2, -0.15) is 0 Å². The predicted molar refractivity (Wildman–Crippen MR) is 103 cm³/mol. The van der Waals surface area contributed by atoms with Gasteiger partial charge < -0.3 is 9.88 Å². The summed E-state index contributed by atoms with van der Waals surface area (Å²) in [6.45, 7) is 9.47. The van der Waals surface area contributed by atoms with Crippen molar-refractivity contribution in [2.75, 3.05) is 26.2 Å². The lowest BCUT2D eigenvalue weighted by molar-refractivity contribution is 0.0755. The Bertz CT molecular complexity index is 795. The van der Waals surface area contributed by atoms with Crippen LogP contribution >= 0.6 is 0 Å². The number of rotatable bonds is 4. The fourth-order valence-electron chi connectivity index (χ4n) is 3.82. The van der Waals surface area contributed by atoms with Crippen LogP contribution in [0.1, 0.15) is 51.0 Å². The molecule has 1 aromatic heterocycles. The van der Waals surface area contributed by atoms with Crippen LogP contribution in [-0.2, 0) is 6.54 Å². The molecule has 2 aromatic rings. The molecule has 3 rings (SSSR count). The van der Waals surface area contributed by atoms with Crippen LogP contribution in [0.3, 0.4) is 0 Å². The van der Waals surface area contributed by atoms with E-state index in [2.05, 4.69) is 34.1 Å². The molecule has 2 heterocycles. The van der Waals surface area contributed by atoms with Crippen LogP contribution in [0.4, 0.5) is 0 Å². The van der Waals surface area contributed by atoms with E-state index < -0.39 is 0 Å². The Hall–Kier alpha value is -2.40. The zero-order chi connectivity index (χ0) is 18.7. The van der Waals surface area contributed by atoms with E-state index in [1.807, 2.05) is 24.8 Å². The number of nitrogens with one attached hydrogen (secondary N) is 1. The molecule has 1 aromatic carbocycles. The van der Waals surface area contributed by atoms with Crippen LogP contribution in [0, 0.1) is 13.8 Å². The van der Waals surface area contributed by atoms with Gasteiger partial charge in [0.2, 0.25) is 0 Å². The lowest BCUT2D eigenvalue weighted by atomic mass is 10.1. The van der Waals surface area contributed by atoms with E-state index in [0.717, 1.165) is 43.9 Å². The smallest absolute Gasteiger partial charge is 0.270 e. The summed E-state index contributed by atoms with van der Waals surface area (Å²) in [7, 11) is 0. The van der Waals surface area contributed by atoms with Gasteiger partial charge in [0, 0.05) is 44.0 Å². The highest BCUT2D eigenvalue weighted by Crippen LogP contribution is 2.21. The van der Waals surface area contributed by atoms with Crippen LogP contribution in [0.2, 0.25) is 0 Å². The first-order chi connectivity index (χ1) is 12.5. The SMILES string of the molecule is CC(=O)c1c(C)[nH]c(C(=O)N2CCCN(Cc3ccccc3)CC2)c1C. The summed E-state index contributed by atoms with van der Waals surface area (Å²) >= 11 is 0. The number of ketones is 1. The Kier molecular flexibility index (Phi) is 5.57. The second kappa shape index (κ2) is 7.87. The molecule has 0 saturated carbocycles. The number of nitrogens with zero attached hydrogens (tertiary/aromatic N) is 2. The highest BCUT2D eigenvalue weighted by Gasteiger charge is 2.25. The Balaban J connectivity index is 1.68. The predicted octanol–water partition coefficient (Wildman–Crippen LogP) is 3.18. The number of aromatic amines is 1. The first-order valence-electron chi connectivity index (χ1n) is 9.23. The summed E-state index contributed by atoms with van der Waals surface area (Å²) < 4.78 is 0. The third-order valence-electron chi connectivity index (χ3n) is 5.13. The minimum Gasteiger partial charge on any atom is -0.354 e. The first kappa shape index (κ1) is 18.4. The van der Waals surface area contributed by atoms with E-state index in [4.69, 9.17) is 0 Å². The third kappa shape index (κ3) is 3.88. The number of carbonyl (C=O) groups excluding carboxylic acids is 2. The van der Waals surface area contributed by atoms with Crippen LogP contribution in [0.15, 0.2) is 30.3 Å². The van der Waals surface area contributed by atoms with Gasteiger partial charge in [0.25, 0.3) is 5.91 Å². The summed E-state index contributed by atoms with van der Waals surface area (Å²) in [5.41, 5.74) is 4.05. The van der Waals surface area contributed by atoms with Gasteiger partial charge in [-0.25, -0.2) is 0 Å². The molecule has 1 N–H and O–H groups in total. The van der Waals surface area contributed by atoms with Crippen molar-refractivity contribution < 1.29 is 9.59 Å². The highest BCUT2D eigenvalue weighted by molar-refractivity contribution is 6.02. The Morgan fingerprint density at radius 3 is 2.42 bits per heavy atom. The number of H-pyrrole nitrogens is 1. The number of Topliss-reactive ketones (excluding diaryl/α,β-unsaturated/α-hetero) is 1. The Morgan fingerprint density at radius 1 is 1.04 bits per heavy atom. The van der Waals surface area contributed by atoms with Gasteiger partial charge >= 0.3 is 0 Å². The summed E-state index contributed by atoms with van der Waals surface area (Å²) in [5.74, 6) is -0.000126. The topological polar surface area (TPSA) is 56.4 Å². The summed E-state index contributed by atoms with van der Waals surface area (Å²) in [5, 5.41) is 0. The van der Waals surface area contributed by atoms with E-state index in [1.54, 1.807) is 6.92 Å². The van der Waals surface area contributed by atoms with Crippen LogP contribution in [0.25, 0.3) is 0 Å². The third-order valence-corrected chi connectivity index (χ3v) is 5.13. The lowest BCUT2D eigenvalue weighted by Crippen LogP contribution is -2.35. The molecule has 1 amide bonds. The molecular weight excluding hydrogens is 326 g/mol. The molecule has 138 valence electrons. The molecule has 5 nitrogen and oxygen atoms in total. The molecular formula is C21H27N3O2. The molecule has 1 aliphatic heterocycles. The molecule has 0 unspecified atom stereocenters. The number of hydrogen-bond donors (Lipinski definition) is 1. The second-order valence-corrected chi connectivity index (χ2v) is 7.09. The van der Waals surface area contributed by atoms with E-state index in [-0.39, 0.29) is 11.7 Å². The van der Waals surface area contributed by atoms with Crippen LogP contribution in [0.5, 0.6) is 0 Å². The Labute approximate surface area is 155 Å². The summed E-state index contributed by atoms with van der Waals surface area (Å²) in [6.07, 6.45) is 0.955. The van der Waals surface area contributed by atoms with Crippen molar-refractivity contribution in [2.45, 2.75) is 33.7 Å². The van der Waals surface area contributed by atoms with Gasteiger partial charge in [-0.3, -0.25) is 14.5 Å². The Morgan fingerprint density at radius 2 is 1.77 bits per heavy atom. The normalized spacial score (nSPS) is 15.7.